The molecule has 0 saturated heterocycles. The van der Waals surface area contributed by atoms with Crippen molar-refractivity contribution in [1.82, 2.24) is 10.0 Å². The van der Waals surface area contributed by atoms with E-state index in [1.807, 2.05) is 48.0 Å². The minimum atomic E-state index is -3.88. The van der Waals surface area contributed by atoms with Crippen molar-refractivity contribution in [3.63, 3.8) is 0 Å². The van der Waals surface area contributed by atoms with Crippen molar-refractivity contribution in [3.8, 4) is 0 Å². The number of hydrogen-bond acceptors (Lipinski definition) is 5. The van der Waals surface area contributed by atoms with E-state index in [9.17, 15) is 13.2 Å². The molecule has 8 heteroatoms. The minimum Gasteiger partial charge on any atom is -0.366 e. The van der Waals surface area contributed by atoms with Gasteiger partial charge in [-0.1, -0.05) is 42.0 Å². The molecule has 0 spiro atoms. The normalized spacial score (nSPS) is 12.7. The summed E-state index contributed by atoms with van der Waals surface area (Å²) in [6, 6.07) is 21.9. The van der Waals surface area contributed by atoms with Crippen LogP contribution in [0.3, 0.4) is 0 Å². The number of fused-ring (bicyclic) bond motifs is 1. The topological polar surface area (TPSA) is 90.5 Å². The number of nitrogens with one attached hydrogen (secondary N) is 3. The first kappa shape index (κ1) is 20.7. The van der Waals surface area contributed by atoms with E-state index >= 15 is 0 Å². The summed E-state index contributed by atoms with van der Waals surface area (Å²) in [7, 11) is -3.88. The Labute approximate surface area is 182 Å². The molecule has 0 atom stereocenters. The summed E-state index contributed by atoms with van der Waals surface area (Å²) in [6.07, 6.45) is 0.590. The van der Waals surface area contributed by atoms with Crippen molar-refractivity contribution >= 4 is 33.1 Å². The van der Waals surface area contributed by atoms with Gasteiger partial charge in [-0.25, -0.2) is 17.9 Å². The Hall–Kier alpha value is -3.52. The molecule has 3 N–H and O–H groups in total. The van der Waals surface area contributed by atoms with E-state index in [2.05, 4.69) is 27.7 Å². The Balaban J connectivity index is 1.29. The molecule has 3 aromatic rings. The van der Waals surface area contributed by atoms with Crippen molar-refractivity contribution in [2.75, 3.05) is 23.4 Å². The zero-order chi connectivity index (χ0) is 21.8. The van der Waals surface area contributed by atoms with Crippen LogP contribution in [0, 0.1) is 6.92 Å². The summed E-state index contributed by atoms with van der Waals surface area (Å²) >= 11 is 0. The SMILES string of the molecule is Cc1ccc(S(=O)(=O)NC(=O)NCCc2ccc(N3CNc4ccccc43)cc2)cc1. The first-order valence-electron chi connectivity index (χ1n) is 9.99. The third-order valence-corrected chi connectivity index (χ3v) is 6.47. The predicted molar refractivity (Wildman–Crippen MR) is 122 cm³/mol. The Kier molecular flexibility index (Phi) is 5.81. The van der Waals surface area contributed by atoms with Crippen LogP contribution in [0.15, 0.2) is 77.7 Å². The molecule has 2 amide bonds. The van der Waals surface area contributed by atoms with Crippen molar-refractivity contribution < 1.29 is 13.2 Å². The number of rotatable bonds is 6. The molecule has 7 nitrogen and oxygen atoms in total. The van der Waals surface area contributed by atoms with Gasteiger partial charge in [0.25, 0.3) is 10.0 Å². The van der Waals surface area contributed by atoms with Gasteiger partial charge in [0.05, 0.1) is 22.9 Å². The number of benzene rings is 3. The van der Waals surface area contributed by atoms with Gasteiger partial charge < -0.3 is 15.5 Å². The third-order valence-electron chi connectivity index (χ3n) is 5.13. The lowest BCUT2D eigenvalue weighted by Crippen LogP contribution is -2.40. The zero-order valence-electron chi connectivity index (χ0n) is 17.1. The van der Waals surface area contributed by atoms with E-state index in [0.717, 1.165) is 34.9 Å². The van der Waals surface area contributed by atoms with Crippen LogP contribution in [0.4, 0.5) is 21.9 Å². The number of aryl methyl sites for hydroxylation is 1. The van der Waals surface area contributed by atoms with Crippen molar-refractivity contribution in [2.45, 2.75) is 18.2 Å². The van der Waals surface area contributed by atoms with E-state index in [1.54, 1.807) is 12.1 Å². The number of para-hydroxylation sites is 2. The van der Waals surface area contributed by atoms with Gasteiger partial charge in [-0.15, -0.1) is 0 Å². The van der Waals surface area contributed by atoms with E-state index in [1.165, 1.54) is 12.1 Å². The van der Waals surface area contributed by atoms with Gasteiger partial charge in [0.15, 0.2) is 0 Å². The zero-order valence-corrected chi connectivity index (χ0v) is 17.9. The maximum absolute atomic E-state index is 12.3. The molecule has 3 aromatic carbocycles. The highest BCUT2D eigenvalue weighted by Gasteiger charge is 2.19. The van der Waals surface area contributed by atoms with Crippen LogP contribution < -0.4 is 20.3 Å². The molecular weight excluding hydrogens is 412 g/mol. The van der Waals surface area contributed by atoms with E-state index < -0.39 is 16.1 Å². The Morgan fingerprint density at radius 3 is 2.45 bits per heavy atom. The molecule has 0 unspecified atom stereocenters. The molecule has 0 aromatic heterocycles. The van der Waals surface area contributed by atoms with Crippen molar-refractivity contribution in [3.05, 3.63) is 83.9 Å². The number of carbonyl (C=O) groups excluding carboxylic acids is 1. The van der Waals surface area contributed by atoms with E-state index in [-0.39, 0.29) is 4.90 Å². The van der Waals surface area contributed by atoms with E-state index in [0.29, 0.717) is 13.0 Å². The second-order valence-corrected chi connectivity index (χ2v) is 9.05. The number of urea groups is 1. The monoisotopic (exact) mass is 436 g/mol. The standard InChI is InChI=1S/C23H24N4O3S/c1-17-6-12-20(13-7-17)31(29,30)26-23(28)24-15-14-18-8-10-19(11-9-18)27-16-25-21-4-2-3-5-22(21)27/h2-13,25H,14-16H2,1H3,(H2,24,26,28). The number of amides is 2. The van der Waals surface area contributed by atoms with Gasteiger partial charge in [0.1, 0.15) is 0 Å². The van der Waals surface area contributed by atoms with Crippen molar-refractivity contribution in [1.29, 1.82) is 0 Å². The fraction of sp³-hybridized carbons (Fsp3) is 0.174. The highest BCUT2D eigenvalue weighted by molar-refractivity contribution is 7.90. The third kappa shape index (κ3) is 4.80. The smallest absolute Gasteiger partial charge is 0.328 e. The maximum atomic E-state index is 12.3. The quantitative estimate of drug-likeness (QED) is 0.548. The summed E-state index contributed by atoms with van der Waals surface area (Å²) in [5, 5.41) is 5.97. The van der Waals surface area contributed by atoms with Crippen molar-refractivity contribution in [2.24, 2.45) is 0 Å². The van der Waals surface area contributed by atoms with Gasteiger partial charge in [-0.2, -0.15) is 0 Å². The Bertz CT molecular complexity index is 1180. The second-order valence-electron chi connectivity index (χ2n) is 7.37. The van der Waals surface area contributed by atoms with Gasteiger partial charge in [0.2, 0.25) is 0 Å². The van der Waals surface area contributed by atoms with E-state index in [4.69, 9.17) is 0 Å². The number of sulfonamides is 1. The average Bonchev–Trinajstić information content (AvgIpc) is 3.18. The molecular formula is C23H24N4O3S. The minimum absolute atomic E-state index is 0.0572. The molecule has 0 fully saturated rings. The molecule has 1 heterocycles. The maximum Gasteiger partial charge on any atom is 0.328 e. The number of hydrogen-bond donors (Lipinski definition) is 3. The van der Waals surface area contributed by atoms with Gasteiger partial charge in [-0.3, -0.25) is 0 Å². The lowest BCUT2D eigenvalue weighted by molar-refractivity contribution is 0.246. The molecule has 0 aliphatic carbocycles. The summed E-state index contributed by atoms with van der Waals surface area (Å²) in [5.41, 5.74) is 5.33. The Morgan fingerprint density at radius 1 is 1.00 bits per heavy atom. The van der Waals surface area contributed by atoms with Gasteiger partial charge >= 0.3 is 6.03 Å². The molecule has 31 heavy (non-hydrogen) atoms. The largest absolute Gasteiger partial charge is 0.366 e. The molecule has 1 aliphatic heterocycles. The highest BCUT2D eigenvalue weighted by Crippen LogP contribution is 2.36. The van der Waals surface area contributed by atoms with Crippen LogP contribution in [-0.4, -0.2) is 27.7 Å². The average molecular weight is 437 g/mol. The van der Waals surface area contributed by atoms with Crippen LogP contribution in [0.5, 0.6) is 0 Å². The van der Waals surface area contributed by atoms with Crippen LogP contribution in [0.25, 0.3) is 0 Å². The number of anilines is 3. The summed E-state index contributed by atoms with van der Waals surface area (Å²) < 4.78 is 26.6. The highest BCUT2D eigenvalue weighted by atomic mass is 32.2. The van der Waals surface area contributed by atoms with Crippen LogP contribution in [0.1, 0.15) is 11.1 Å². The second kappa shape index (κ2) is 8.69. The lowest BCUT2D eigenvalue weighted by Gasteiger charge is -2.18. The summed E-state index contributed by atoms with van der Waals surface area (Å²) in [4.78, 5) is 14.3. The number of nitrogens with zero attached hydrogens (tertiary/aromatic N) is 1. The van der Waals surface area contributed by atoms with Crippen LogP contribution >= 0.6 is 0 Å². The Morgan fingerprint density at radius 2 is 1.71 bits per heavy atom. The predicted octanol–water partition coefficient (Wildman–Crippen LogP) is 3.75. The first-order chi connectivity index (χ1) is 14.9. The summed E-state index contributed by atoms with van der Waals surface area (Å²) in [5.74, 6) is 0. The fourth-order valence-corrected chi connectivity index (χ4v) is 4.36. The molecule has 160 valence electrons. The lowest BCUT2D eigenvalue weighted by atomic mass is 10.1. The van der Waals surface area contributed by atoms with Crippen LogP contribution in [-0.2, 0) is 16.4 Å². The van der Waals surface area contributed by atoms with Gasteiger partial charge in [-0.05, 0) is 55.3 Å². The molecule has 1 aliphatic rings. The molecule has 0 saturated carbocycles. The first-order valence-corrected chi connectivity index (χ1v) is 11.5. The molecule has 4 rings (SSSR count). The number of carbonyl (C=O) groups is 1. The van der Waals surface area contributed by atoms with Gasteiger partial charge in [0, 0.05) is 12.2 Å². The summed E-state index contributed by atoms with van der Waals surface area (Å²) in [6.45, 7) is 2.91. The molecule has 0 radical (unpaired) electrons. The molecule has 0 bridgehead atoms. The fourth-order valence-electron chi connectivity index (χ4n) is 3.44. The van der Waals surface area contributed by atoms with Crippen LogP contribution in [0.2, 0.25) is 0 Å².